The van der Waals surface area contributed by atoms with Crippen molar-refractivity contribution in [1.29, 1.82) is 0 Å². The molecule has 0 bridgehead atoms. The van der Waals surface area contributed by atoms with Crippen molar-refractivity contribution in [2.24, 2.45) is 5.41 Å². The smallest absolute Gasteiger partial charge is 0.311 e. The Morgan fingerprint density at radius 1 is 1.57 bits per heavy atom. The molecule has 0 unspecified atom stereocenters. The van der Waals surface area contributed by atoms with E-state index in [0.29, 0.717) is 6.61 Å². The van der Waals surface area contributed by atoms with Gasteiger partial charge < -0.3 is 4.74 Å². The van der Waals surface area contributed by atoms with Crippen LogP contribution in [0.15, 0.2) is 11.6 Å². The fourth-order valence-corrected chi connectivity index (χ4v) is 1.86. The number of carbonyl (C=O) groups is 1. The summed E-state index contributed by atoms with van der Waals surface area (Å²) in [5, 5.41) is 0. The van der Waals surface area contributed by atoms with E-state index in [0.717, 1.165) is 12.8 Å². The number of esters is 1. The maximum atomic E-state index is 11.6. The minimum absolute atomic E-state index is 0.0761. The first-order valence-electron chi connectivity index (χ1n) is 5.41. The van der Waals surface area contributed by atoms with Crippen molar-refractivity contribution in [3.63, 3.8) is 0 Å². The molecule has 0 spiro atoms. The van der Waals surface area contributed by atoms with E-state index in [1.165, 1.54) is 18.4 Å². The van der Waals surface area contributed by atoms with E-state index < -0.39 is 0 Å². The number of carbonyl (C=O) groups excluding carboxylic acids is 1. The predicted molar refractivity (Wildman–Crippen MR) is 57.0 cm³/mol. The van der Waals surface area contributed by atoms with Gasteiger partial charge in [0.05, 0.1) is 12.0 Å². The highest BCUT2D eigenvalue weighted by atomic mass is 16.5. The van der Waals surface area contributed by atoms with Gasteiger partial charge in [-0.05, 0) is 46.5 Å². The number of rotatable bonds is 4. The molecule has 0 aromatic rings. The molecule has 0 fully saturated rings. The number of hydrogen-bond acceptors (Lipinski definition) is 2. The van der Waals surface area contributed by atoms with Crippen LogP contribution in [-0.2, 0) is 9.53 Å². The van der Waals surface area contributed by atoms with Crippen LogP contribution < -0.4 is 0 Å². The molecule has 2 heteroatoms. The van der Waals surface area contributed by atoms with Crippen LogP contribution in [-0.4, -0.2) is 12.6 Å². The Bertz CT molecular complexity index is 239. The van der Waals surface area contributed by atoms with Crippen LogP contribution in [0.1, 0.15) is 46.5 Å². The van der Waals surface area contributed by atoms with Crippen LogP contribution in [0, 0.1) is 5.41 Å². The zero-order chi connectivity index (χ0) is 10.6. The summed E-state index contributed by atoms with van der Waals surface area (Å²) >= 11 is 0. The monoisotopic (exact) mass is 196 g/mol. The molecule has 0 amide bonds. The van der Waals surface area contributed by atoms with Crippen molar-refractivity contribution in [3.8, 4) is 0 Å². The molecule has 0 aliphatic heterocycles. The lowest BCUT2D eigenvalue weighted by molar-refractivity contribution is -0.153. The summed E-state index contributed by atoms with van der Waals surface area (Å²) in [5.41, 5.74) is 1.06. The normalized spacial score (nSPS) is 16.6. The van der Waals surface area contributed by atoms with Crippen molar-refractivity contribution in [2.75, 3.05) is 6.61 Å². The van der Waals surface area contributed by atoms with Crippen LogP contribution in [0.25, 0.3) is 0 Å². The van der Waals surface area contributed by atoms with Gasteiger partial charge in [0.1, 0.15) is 0 Å². The Hall–Kier alpha value is -0.790. The molecule has 0 atom stereocenters. The molecular formula is C12H20O2. The second-order valence-corrected chi connectivity index (χ2v) is 4.54. The SMILES string of the molecule is CCOC(=O)C(C)(C)CC1=CCCC1. The molecule has 0 aromatic heterocycles. The van der Waals surface area contributed by atoms with Crippen LogP contribution in [0.2, 0.25) is 0 Å². The first-order valence-corrected chi connectivity index (χ1v) is 5.41. The van der Waals surface area contributed by atoms with E-state index in [2.05, 4.69) is 6.08 Å². The van der Waals surface area contributed by atoms with Gasteiger partial charge in [0.25, 0.3) is 0 Å². The summed E-state index contributed by atoms with van der Waals surface area (Å²) in [6.07, 6.45) is 6.69. The molecule has 0 radical (unpaired) electrons. The summed E-state index contributed by atoms with van der Waals surface area (Å²) in [5.74, 6) is -0.0761. The third kappa shape index (κ3) is 2.86. The molecule has 1 rings (SSSR count). The Morgan fingerprint density at radius 3 is 2.79 bits per heavy atom. The fourth-order valence-electron chi connectivity index (χ4n) is 1.86. The zero-order valence-corrected chi connectivity index (χ0v) is 9.43. The van der Waals surface area contributed by atoms with Gasteiger partial charge in [-0.3, -0.25) is 4.79 Å². The molecule has 0 heterocycles. The molecule has 80 valence electrons. The van der Waals surface area contributed by atoms with E-state index in [9.17, 15) is 4.79 Å². The third-order valence-electron chi connectivity index (χ3n) is 2.63. The number of ether oxygens (including phenoxy) is 1. The van der Waals surface area contributed by atoms with E-state index >= 15 is 0 Å². The fraction of sp³-hybridized carbons (Fsp3) is 0.750. The molecule has 0 saturated carbocycles. The van der Waals surface area contributed by atoms with Gasteiger partial charge in [-0.25, -0.2) is 0 Å². The molecule has 0 N–H and O–H groups in total. The van der Waals surface area contributed by atoms with Crippen LogP contribution >= 0.6 is 0 Å². The summed E-state index contributed by atoms with van der Waals surface area (Å²) < 4.78 is 5.05. The lowest BCUT2D eigenvalue weighted by Crippen LogP contribution is -2.27. The summed E-state index contributed by atoms with van der Waals surface area (Å²) in [4.78, 5) is 11.6. The first-order chi connectivity index (χ1) is 6.56. The van der Waals surface area contributed by atoms with Gasteiger partial charge in [0.2, 0.25) is 0 Å². The van der Waals surface area contributed by atoms with E-state index in [4.69, 9.17) is 4.74 Å². The first kappa shape index (κ1) is 11.3. The topological polar surface area (TPSA) is 26.3 Å². The minimum atomic E-state index is -0.355. The van der Waals surface area contributed by atoms with Gasteiger partial charge in [0, 0.05) is 0 Å². The molecule has 0 aromatic carbocycles. The van der Waals surface area contributed by atoms with Crippen molar-refractivity contribution in [3.05, 3.63) is 11.6 Å². The average molecular weight is 196 g/mol. The van der Waals surface area contributed by atoms with Gasteiger partial charge in [-0.2, -0.15) is 0 Å². The quantitative estimate of drug-likeness (QED) is 0.510. The third-order valence-corrected chi connectivity index (χ3v) is 2.63. The van der Waals surface area contributed by atoms with Crippen molar-refractivity contribution in [1.82, 2.24) is 0 Å². The minimum Gasteiger partial charge on any atom is -0.466 e. The summed E-state index contributed by atoms with van der Waals surface area (Å²) in [7, 11) is 0. The number of hydrogen-bond donors (Lipinski definition) is 0. The van der Waals surface area contributed by atoms with Crippen LogP contribution in [0.5, 0.6) is 0 Å². The Labute approximate surface area is 86.3 Å². The van der Waals surface area contributed by atoms with Crippen LogP contribution in [0.4, 0.5) is 0 Å². The molecule has 1 aliphatic rings. The van der Waals surface area contributed by atoms with Gasteiger partial charge in [0.15, 0.2) is 0 Å². The number of allylic oxidation sites excluding steroid dienone is 2. The maximum Gasteiger partial charge on any atom is 0.311 e. The Morgan fingerprint density at radius 2 is 2.29 bits per heavy atom. The lowest BCUT2D eigenvalue weighted by atomic mass is 9.85. The highest BCUT2D eigenvalue weighted by Crippen LogP contribution is 2.32. The maximum absolute atomic E-state index is 11.6. The van der Waals surface area contributed by atoms with Crippen molar-refractivity contribution in [2.45, 2.75) is 46.5 Å². The zero-order valence-electron chi connectivity index (χ0n) is 9.43. The predicted octanol–water partition coefficient (Wildman–Crippen LogP) is 3.08. The summed E-state index contributed by atoms with van der Waals surface area (Å²) in [6, 6.07) is 0. The van der Waals surface area contributed by atoms with E-state index in [-0.39, 0.29) is 11.4 Å². The van der Waals surface area contributed by atoms with Gasteiger partial charge in [-0.1, -0.05) is 11.6 Å². The lowest BCUT2D eigenvalue weighted by Gasteiger charge is -2.22. The van der Waals surface area contributed by atoms with E-state index in [1.54, 1.807) is 0 Å². The Balaban J connectivity index is 2.51. The largest absolute Gasteiger partial charge is 0.466 e. The van der Waals surface area contributed by atoms with Crippen LogP contribution in [0.3, 0.4) is 0 Å². The summed E-state index contributed by atoms with van der Waals surface area (Å²) in [6.45, 7) is 6.25. The second-order valence-electron chi connectivity index (χ2n) is 4.54. The second kappa shape index (κ2) is 4.63. The van der Waals surface area contributed by atoms with Gasteiger partial charge in [-0.15, -0.1) is 0 Å². The molecule has 14 heavy (non-hydrogen) atoms. The van der Waals surface area contributed by atoms with Crippen molar-refractivity contribution < 1.29 is 9.53 Å². The molecule has 0 saturated heterocycles. The standard InChI is InChI=1S/C12H20O2/c1-4-14-11(13)12(2,3)9-10-7-5-6-8-10/h7H,4-6,8-9H2,1-3H3. The highest BCUT2D eigenvalue weighted by Gasteiger charge is 2.30. The molecule has 1 aliphatic carbocycles. The van der Waals surface area contributed by atoms with Gasteiger partial charge >= 0.3 is 5.97 Å². The highest BCUT2D eigenvalue weighted by molar-refractivity contribution is 5.76. The molecule has 2 nitrogen and oxygen atoms in total. The molecular weight excluding hydrogens is 176 g/mol. The van der Waals surface area contributed by atoms with E-state index in [1.807, 2.05) is 20.8 Å². The average Bonchev–Trinajstić information content (AvgIpc) is 2.56. The Kier molecular flexibility index (Phi) is 3.73. The van der Waals surface area contributed by atoms with Crippen molar-refractivity contribution >= 4 is 5.97 Å².